The van der Waals surface area contributed by atoms with Crippen LogP contribution in [0.15, 0.2) is 59.2 Å². The summed E-state index contributed by atoms with van der Waals surface area (Å²) in [5, 5.41) is 21.3. The molecular formula is C21H14N2O7. The van der Waals surface area contributed by atoms with Crippen molar-refractivity contribution in [3.8, 4) is 5.75 Å². The second-order valence-corrected chi connectivity index (χ2v) is 6.53. The highest BCUT2D eigenvalue weighted by Crippen LogP contribution is 2.28. The molecule has 0 atom stereocenters. The zero-order chi connectivity index (χ0) is 21.4. The molecule has 1 aliphatic rings. The van der Waals surface area contributed by atoms with Crippen LogP contribution in [-0.2, 0) is 6.54 Å². The summed E-state index contributed by atoms with van der Waals surface area (Å²) in [5.74, 6) is -2.86. The van der Waals surface area contributed by atoms with E-state index >= 15 is 0 Å². The van der Waals surface area contributed by atoms with Crippen LogP contribution in [0.3, 0.4) is 0 Å². The van der Waals surface area contributed by atoms with Crippen LogP contribution in [0.5, 0.6) is 5.75 Å². The monoisotopic (exact) mass is 406 g/mol. The van der Waals surface area contributed by atoms with E-state index in [9.17, 15) is 24.3 Å². The fourth-order valence-electron chi connectivity index (χ4n) is 3.10. The summed E-state index contributed by atoms with van der Waals surface area (Å²) in [6.45, 7) is -0.0231. The number of phenolic OH excluding ortho intramolecular Hbond substituents is 1. The molecule has 150 valence electrons. The molecule has 0 radical (unpaired) electrons. The van der Waals surface area contributed by atoms with E-state index in [1.54, 1.807) is 12.1 Å². The Labute approximate surface area is 169 Å². The Balaban J connectivity index is 1.56. The number of nitrogens with one attached hydrogen (secondary N) is 1. The highest BCUT2D eigenvalue weighted by Gasteiger charge is 2.36. The number of carboxylic acid groups (broad SMARTS) is 1. The molecule has 0 fully saturated rings. The highest BCUT2D eigenvalue weighted by molar-refractivity contribution is 6.22. The summed E-state index contributed by atoms with van der Waals surface area (Å²) in [7, 11) is 0. The lowest BCUT2D eigenvalue weighted by Crippen LogP contribution is -2.28. The molecule has 2 aromatic carbocycles. The first kappa shape index (κ1) is 18.9. The molecule has 9 nitrogen and oxygen atoms in total. The smallest absolute Gasteiger partial charge is 0.335 e. The molecule has 30 heavy (non-hydrogen) atoms. The lowest BCUT2D eigenvalue weighted by Gasteiger charge is -2.11. The molecule has 0 spiro atoms. The van der Waals surface area contributed by atoms with Crippen molar-refractivity contribution in [3.63, 3.8) is 0 Å². The molecule has 0 bridgehead atoms. The number of imide groups is 1. The topological polar surface area (TPSA) is 137 Å². The van der Waals surface area contributed by atoms with Crippen LogP contribution in [0, 0.1) is 0 Å². The number of fused-ring (bicyclic) bond motifs is 1. The number of carbonyl (C=O) groups excluding carboxylic acids is 3. The number of furan rings is 1. The molecule has 0 unspecified atom stereocenters. The number of hydrogen-bond donors (Lipinski definition) is 3. The molecule has 3 N–H and O–H groups in total. The molecule has 1 aromatic heterocycles. The molecular weight excluding hydrogens is 392 g/mol. The molecule has 9 heteroatoms. The number of carbonyl (C=O) groups is 4. The van der Waals surface area contributed by atoms with E-state index in [1.807, 2.05) is 0 Å². The zero-order valence-corrected chi connectivity index (χ0v) is 15.3. The van der Waals surface area contributed by atoms with Gasteiger partial charge in [-0.3, -0.25) is 19.3 Å². The van der Waals surface area contributed by atoms with E-state index in [-0.39, 0.29) is 34.5 Å². The SMILES string of the molecule is O=C(O)c1ccc(NC(=O)c2ccc3c(c2)C(=O)N(Cc2ccco2)C3=O)c(O)c1. The predicted octanol–water partition coefficient (Wildman–Crippen LogP) is 2.73. The number of anilines is 1. The maximum atomic E-state index is 12.7. The van der Waals surface area contributed by atoms with E-state index < -0.39 is 29.4 Å². The number of aromatic hydroxyl groups is 1. The van der Waals surface area contributed by atoms with Gasteiger partial charge in [0, 0.05) is 5.56 Å². The maximum Gasteiger partial charge on any atom is 0.335 e. The van der Waals surface area contributed by atoms with Crippen molar-refractivity contribution in [2.24, 2.45) is 0 Å². The van der Waals surface area contributed by atoms with Gasteiger partial charge in [0.05, 0.1) is 35.2 Å². The standard InChI is InChI=1S/C21H14N2O7/c24-17-9-12(21(28)29)4-6-16(17)22-18(25)11-3-5-14-15(8-11)20(27)23(19(14)26)10-13-2-1-7-30-13/h1-9,24H,10H2,(H,22,25)(H,28,29). The first-order valence-corrected chi connectivity index (χ1v) is 8.75. The van der Waals surface area contributed by atoms with Gasteiger partial charge in [-0.1, -0.05) is 0 Å². The summed E-state index contributed by atoms with van der Waals surface area (Å²) in [6.07, 6.45) is 1.44. The average Bonchev–Trinajstić information content (AvgIpc) is 3.32. The van der Waals surface area contributed by atoms with E-state index in [4.69, 9.17) is 9.52 Å². The summed E-state index contributed by atoms with van der Waals surface area (Å²) in [5.41, 5.74) is 0.231. The van der Waals surface area contributed by atoms with E-state index in [2.05, 4.69) is 5.32 Å². The fourth-order valence-corrected chi connectivity index (χ4v) is 3.10. The van der Waals surface area contributed by atoms with Crippen LogP contribution < -0.4 is 5.32 Å². The van der Waals surface area contributed by atoms with Crippen molar-refractivity contribution >= 4 is 29.4 Å². The average molecular weight is 406 g/mol. The molecule has 0 saturated heterocycles. The van der Waals surface area contributed by atoms with Crippen molar-refractivity contribution in [2.45, 2.75) is 6.54 Å². The van der Waals surface area contributed by atoms with Crippen molar-refractivity contribution < 1.29 is 33.8 Å². The number of carboxylic acids is 1. The van der Waals surface area contributed by atoms with Gasteiger partial charge in [0.25, 0.3) is 17.7 Å². The molecule has 3 aromatic rings. The van der Waals surface area contributed by atoms with Gasteiger partial charge in [0.1, 0.15) is 11.5 Å². The van der Waals surface area contributed by atoms with E-state index in [0.717, 1.165) is 11.0 Å². The molecule has 0 aliphatic carbocycles. The fraction of sp³-hybridized carbons (Fsp3) is 0.0476. The molecule has 1 aliphatic heterocycles. The van der Waals surface area contributed by atoms with Crippen LogP contribution >= 0.6 is 0 Å². The number of phenols is 1. The van der Waals surface area contributed by atoms with Gasteiger partial charge >= 0.3 is 5.97 Å². The largest absolute Gasteiger partial charge is 0.506 e. The predicted molar refractivity (Wildman–Crippen MR) is 102 cm³/mol. The maximum absolute atomic E-state index is 12.7. The quantitative estimate of drug-likeness (QED) is 0.438. The second kappa shape index (κ2) is 7.21. The Morgan fingerprint density at radius 3 is 2.37 bits per heavy atom. The Morgan fingerprint density at radius 2 is 1.70 bits per heavy atom. The van der Waals surface area contributed by atoms with Gasteiger partial charge in [-0.15, -0.1) is 0 Å². The minimum Gasteiger partial charge on any atom is -0.506 e. The first-order valence-electron chi connectivity index (χ1n) is 8.75. The van der Waals surface area contributed by atoms with Crippen LogP contribution in [0.25, 0.3) is 0 Å². The van der Waals surface area contributed by atoms with E-state index in [1.165, 1.54) is 36.6 Å². The summed E-state index contributed by atoms with van der Waals surface area (Å²) in [4.78, 5) is 49.7. The number of rotatable bonds is 5. The Morgan fingerprint density at radius 1 is 0.967 bits per heavy atom. The van der Waals surface area contributed by atoms with Crippen molar-refractivity contribution in [1.82, 2.24) is 4.90 Å². The van der Waals surface area contributed by atoms with Crippen molar-refractivity contribution in [2.75, 3.05) is 5.32 Å². The third-order valence-corrected chi connectivity index (χ3v) is 4.62. The number of hydrogen-bond acceptors (Lipinski definition) is 6. The third kappa shape index (κ3) is 3.28. The lowest BCUT2D eigenvalue weighted by atomic mass is 10.1. The van der Waals surface area contributed by atoms with Gasteiger partial charge in [-0.25, -0.2) is 4.79 Å². The molecule has 2 heterocycles. The number of amides is 3. The highest BCUT2D eigenvalue weighted by atomic mass is 16.4. The minimum atomic E-state index is -1.22. The lowest BCUT2D eigenvalue weighted by molar-refractivity contribution is 0.0629. The zero-order valence-electron chi connectivity index (χ0n) is 15.3. The van der Waals surface area contributed by atoms with E-state index in [0.29, 0.717) is 5.76 Å². The van der Waals surface area contributed by atoms with Crippen LogP contribution in [-0.4, -0.2) is 38.8 Å². The van der Waals surface area contributed by atoms with Crippen LogP contribution in [0.1, 0.15) is 47.2 Å². The van der Waals surface area contributed by atoms with Crippen molar-refractivity contribution in [1.29, 1.82) is 0 Å². The minimum absolute atomic E-state index is 0.00680. The Bertz CT molecular complexity index is 1200. The second-order valence-electron chi connectivity index (χ2n) is 6.53. The Kier molecular flexibility index (Phi) is 4.55. The Hall–Kier alpha value is -4.40. The third-order valence-electron chi connectivity index (χ3n) is 4.62. The number of benzene rings is 2. The number of nitrogens with zero attached hydrogens (tertiary/aromatic N) is 1. The van der Waals surface area contributed by atoms with Gasteiger partial charge in [0.2, 0.25) is 0 Å². The first-order chi connectivity index (χ1) is 14.3. The molecule has 0 saturated carbocycles. The van der Waals surface area contributed by atoms with Gasteiger partial charge in [-0.05, 0) is 48.5 Å². The summed E-state index contributed by atoms with van der Waals surface area (Å²) >= 11 is 0. The molecule has 4 rings (SSSR count). The van der Waals surface area contributed by atoms with Gasteiger partial charge in [-0.2, -0.15) is 0 Å². The van der Waals surface area contributed by atoms with Crippen LogP contribution in [0.2, 0.25) is 0 Å². The molecule has 3 amide bonds. The van der Waals surface area contributed by atoms with Crippen molar-refractivity contribution in [3.05, 3.63) is 82.8 Å². The summed E-state index contributed by atoms with van der Waals surface area (Å²) in [6, 6.07) is 10.9. The van der Waals surface area contributed by atoms with Gasteiger partial charge < -0.3 is 19.9 Å². The number of aromatic carboxylic acids is 1. The van der Waals surface area contributed by atoms with Gasteiger partial charge in [0.15, 0.2) is 0 Å². The van der Waals surface area contributed by atoms with Crippen LogP contribution in [0.4, 0.5) is 5.69 Å². The normalized spacial score (nSPS) is 12.7. The summed E-state index contributed by atoms with van der Waals surface area (Å²) < 4.78 is 5.18.